The third-order valence-electron chi connectivity index (χ3n) is 2.13. The number of hydrogen-bond donors (Lipinski definition) is 1. The fraction of sp³-hybridized carbons (Fsp3) is 0.273. The predicted octanol–water partition coefficient (Wildman–Crippen LogP) is 3.23. The van der Waals surface area contributed by atoms with E-state index in [1.807, 2.05) is 32.0 Å². The van der Waals surface area contributed by atoms with Crippen LogP contribution in [-0.4, -0.2) is 11.7 Å². The second-order valence-corrected chi connectivity index (χ2v) is 3.99. The second kappa shape index (κ2) is 4.58. The summed E-state index contributed by atoms with van der Waals surface area (Å²) >= 11 is 3.42. The molecule has 0 unspecified atom stereocenters. The number of benzene rings is 1. The van der Waals surface area contributed by atoms with E-state index in [1.54, 1.807) is 0 Å². The largest absolute Gasteiger partial charge is 0.392 e. The molecule has 0 aliphatic heterocycles. The molecule has 0 heterocycles. The summed E-state index contributed by atoms with van der Waals surface area (Å²) in [5.74, 6) is 0. The first-order valence-corrected chi connectivity index (χ1v) is 4.97. The van der Waals surface area contributed by atoms with E-state index >= 15 is 0 Å². The van der Waals surface area contributed by atoms with Gasteiger partial charge in [-0.2, -0.15) is 0 Å². The van der Waals surface area contributed by atoms with E-state index in [0.717, 1.165) is 21.2 Å². The number of rotatable bonds is 2. The van der Waals surface area contributed by atoms with Crippen LogP contribution in [-0.2, 0) is 0 Å². The van der Waals surface area contributed by atoms with Crippen LogP contribution in [0.1, 0.15) is 19.4 Å². The van der Waals surface area contributed by atoms with E-state index in [2.05, 4.69) is 22.0 Å². The number of allylic oxidation sites excluding steroid dienone is 1. The van der Waals surface area contributed by atoms with Crippen LogP contribution in [0.5, 0.6) is 0 Å². The third kappa shape index (κ3) is 2.68. The standard InChI is InChI=1S/C11H13BrO/c1-8(7-13)9(2)10-4-3-5-11(12)6-10/h3-6,13H,7H2,1-2H3/b9-8-. The molecule has 1 aromatic carbocycles. The molecule has 2 heteroatoms. The summed E-state index contributed by atoms with van der Waals surface area (Å²) in [5, 5.41) is 8.97. The van der Waals surface area contributed by atoms with Crippen molar-refractivity contribution >= 4 is 21.5 Å². The molecule has 0 aliphatic carbocycles. The molecule has 0 aromatic heterocycles. The summed E-state index contributed by atoms with van der Waals surface area (Å²) in [6, 6.07) is 8.08. The first-order chi connectivity index (χ1) is 6.15. The molecule has 0 saturated carbocycles. The minimum atomic E-state index is 0.123. The molecule has 0 amide bonds. The summed E-state index contributed by atoms with van der Waals surface area (Å²) in [6.07, 6.45) is 0. The Kier molecular flexibility index (Phi) is 3.70. The molecule has 0 atom stereocenters. The fourth-order valence-corrected chi connectivity index (χ4v) is 1.49. The highest BCUT2D eigenvalue weighted by atomic mass is 79.9. The Morgan fingerprint density at radius 3 is 2.62 bits per heavy atom. The lowest BCUT2D eigenvalue weighted by atomic mass is 10.0. The molecular weight excluding hydrogens is 228 g/mol. The average molecular weight is 241 g/mol. The topological polar surface area (TPSA) is 20.2 Å². The van der Waals surface area contributed by atoms with Crippen molar-refractivity contribution in [2.24, 2.45) is 0 Å². The third-order valence-corrected chi connectivity index (χ3v) is 2.63. The van der Waals surface area contributed by atoms with Crippen LogP contribution >= 0.6 is 15.9 Å². The maximum Gasteiger partial charge on any atom is 0.0644 e. The Morgan fingerprint density at radius 1 is 1.38 bits per heavy atom. The van der Waals surface area contributed by atoms with E-state index in [-0.39, 0.29) is 6.61 Å². The van der Waals surface area contributed by atoms with Gasteiger partial charge in [0, 0.05) is 4.47 Å². The Balaban J connectivity index is 3.08. The van der Waals surface area contributed by atoms with Gasteiger partial charge in [-0.15, -0.1) is 0 Å². The van der Waals surface area contributed by atoms with Crippen molar-refractivity contribution in [2.75, 3.05) is 6.61 Å². The minimum absolute atomic E-state index is 0.123. The van der Waals surface area contributed by atoms with Crippen LogP contribution in [0.4, 0.5) is 0 Å². The average Bonchev–Trinajstić information content (AvgIpc) is 2.15. The smallest absolute Gasteiger partial charge is 0.0644 e. The molecule has 0 aliphatic rings. The molecule has 0 bridgehead atoms. The van der Waals surface area contributed by atoms with Gasteiger partial charge in [-0.3, -0.25) is 0 Å². The van der Waals surface area contributed by atoms with Gasteiger partial charge >= 0.3 is 0 Å². The van der Waals surface area contributed by atoms with Gasteiger partial charge in [0.2, 0.25) is 0 Å². The quantitative estimate of drug-likeness (QED) is 0.842. The van der Waals surface area contributed by atoms with Crippen molar-refractivity contribution in [3.05, 3.63) is 39.9 Å². The molecule has 0 spiro atoms. The normalized spacial score (nSPS) is 12.6. The monoisotopic (exact) mass is 240 g/mol. The summed E-state index contributed by atoms with van der Waals surface area (Å²) in [6.45, 7) is 4.09. The number of hydrogen-bond acceptors (Lipinski definition) is 1. The maximum absolute atomic E-state index is 8.97. The van der Waals surface area contributed by atoms with Gasteiger partial charge in [0.05, 0.1) is 6.61 Å². The molecule has 1 N–H and O–H groups in total. The fourth-order valence-electron chi connectivity index (χ4n) is 1.09. The Morgan fingerprint density at radius 2 is 2.08 bits per heavy atom. The Bertz CT molecular complexity index is 329. The highest BCUT2D eigenvalue weighted by molar-refractivity contribution is 9.10. The van der Waals surface area contributed by atoms with E-state index in [9.17, 15) is 0 Å². The zero-order valence-corrected chi connectivity index (χ0v) is 9.43. The van der Waals surface area contributed by atoms with Crippen LogP contribution in [0.2, 0.25) is 0 Å². The van der Waals surface area contributed by atoms with Crippen LogP contribution in [0.25, 0.3) is 5.57 Å². The van der Waals surface area contributed by atoms with Gasteiger partial charge in [-0.1, -0.05) is 28.1 Å². The molecule has 1 nitrogen and oxygen atoms in total. The van der Waals surface area contributed by atoms with Crippen molar-refractivity contribution in [3.63, 3.8) is 0 Å². The van der Waals surface area contributed by atoms with Gasteiger partial charge in [-0.25, -0.2) is 0 Å². The lowest BCUT2D eigenvalue weighted by Crippen LogP contribution is -1.89. The molecule has 0 saturated heterocycles. The van der Waals surface area contributed by atoms with E-state index < -0.39 is 0 Å². The molecule has 0 fully saturated rings. The predicted molar refractivity (Wildman–Crippen MR) is 59.5 cm³/mol. The van der Waals surface area contributed by atoms with Crippen molar-refractivity contribution in [1.29, 1.82) is 0 Å². The molecular formula is C11H13BrO. The molecule has 13 heavy (non-hydrogen) atoms. The Labute approximate surface area is 87.2 Å². The molecule has 1 rings (SSSR count). The van der Waals surface area contributed by atoms with Gasteiger partial charge in [-0.05, 0) is 42.7 Å². The molecule has 70 valence electrons. The molecule has 1 aromatic rings. The number of aliphatic hydroxyl groups excluding tert-OH is 1. The van der Waals surface area contributed by atoms with Crippen LogP contribution in [0.3, 0.4) is 0 Å². The van der Waals surface area contributed by atoms with Gasteiger partial charge in [0.25, 0.3) is 0 Å². The summed E-state index contributed by atoms with van der Waals surface area (Å²) in [5.41, 5.74) is 3.31. The molecule has 0 radical (unpaired) electrons. The first-order valence-electron chi connectivity index (χ1n) is 4.18. The van der Waals surface area contributed by atoms with E-state index in [0.29, 0.717) is 0 Å². The zero-order chi connectivity index (χ0) is 9.84. The van der Waals surface area contributed by atoms with Crippen LogP contribution in [0.15, 0.2) is 34.3 Å². The lowest BCUT2D eigenvalue weighted by Gasteiger charge is -2.05. The van der Waals surface area contributed by atoms with Gasteiger partial charge < -0.3 is 5.11 Å². The van der Waals surface area contributed by atoms with Crippen molar-refractivity contribution < 1.29 is 5.11 Å². The van der Waals surface area contributed by atoms with Gasteiger partial charge in [0.15, 0.2) is 0 Å². The van der Waals surface area contributed by atoms with Crippen molar-refractivity contribution in [2.45, 2.75) is 13.8 Å². The Hall–Kier alpha value is -0.600. The zero-order valence-electron chi connectivity index (χ0n) is 7.84. The lowest BCUT2D eigenvalue weighted by molar-refractivity contribution is 0.332. The second-order valence-electron chi connectivity index (χ2n) is 3.07. The highest BCUT2D eigenvalue weighted by Gasteiger charge is 1.99. The van der Waals surface area contributed by atoms with E-state index in [1.165, 1.54) is 0 Å². The van der Waals surface area contributed by atoms with Crippen LogP contribution in [0, 0.1) is 0 Å². The maximum atomic E-state index is 8.97. The first kappa shape index (κ1) is 10.5. The SMILES string of the molecule is C/C(CO)=C(\C)c1cccc(Br)c1. The van der Waals surface area contributed by atoms with Crippen LogP contribution < -0.4 is 0 Å². The summed E-state index contributed by atoms with van der Waals surface area (Å²) in [4.78, 5) is 0. The van der Waals surface area contributed by atoms with E-state index in [4.69, 9.17) is 5.11 Å². The van der Waals surface area contributed by atoms with Crippen molar-refractivity contribution in [1.82, 2.24) is 0 Å². The summed E-state index contributed by atoms with van der Waals surface area (Å²) in [7, 11) is 0. The number of aliphatic hydroxyl groups is 1. The highest BCUT2D eigenvalue weighted by Crippen LogP contribution is 2.21. The van der Waals surface area contributed by atoms with Gasteiger partial charge in [0.1, 0.15) is 0 Å². The minimum Gasteiger partial charge on any atom is -0.392 e. The summed E-state index contributed by atoms with van der Waals surface area (Å²) < 4.78 is 1.06. The number of halogens is 1. The van der Waals surface area contributed by atoms with Crippen molar-refractivity contribution in [3.8, 4) is 0 Å².